The van der Waals surface area contributed by atoms with Crippen LogP contribution in [0.15, 0.2) is 24.3 Å². The minimum Gasteiger partial charge on any atom is -0.496 e. The molecule has 2 heterocycles. The smallest absolute Gasteiger partial charge is 0.341 e. The Morgan fingerprint density at radius 3 is 2.78 bits per heavy atom. The van der Waals surface area contributed by atoms with E-state index >= 15 is 0 Å². The third-order valence-corrected chi connectivity index (χ3v) is 5.76. The molecule has 2 fully saturated rings. The largest absolute Gasteiger partial charge is 0.496 e. The molecule has 0 aromatic heterocycles. The van der Waals surface area contributed by atoms with Crippen LogP contribution >= 0.6 is 0 Å². The molecule has 0 N–H and O–H groups in total. The van der Waals surface area contributed by atoms with Crippen molar-refractivity contribution in [1.29, 1.82) is 0 Å². The van der Waals surface area contributed by atoms with Crippen LogP contribution in [-0.2, 0) is 4.74 Å². The van der Waals surface area contributed by atoms with Crippen LogP contribution in [0.3, 0.4) is 0 Å². The predicted octanol–water partition coefficient (Wildman–Crippen LogP) is 3.26. The highest BCUT2D eigenvalue weighted by Gasteiger charge is 2.43. The standard InChI is InChI=1S/C19H28NO3/c1-20-12-6-5-10-17(20)15(8-7-13-20)14-23-19(21)16-9-3-4-11-18(16)22-2/h3-4,9,11,15,17H,5-8,10,12-14H2,1-2H3/q+1/t15-,17-,20+/m0/s1. The number of rotatable bonds is 4. The number of carbonyl (C=O) groups excluding carboxylic acids is 1. The normalized spacial score (nSPS) is 30.3. The van der Waals surface area contributed by atoms with E-state index in [1.807, 2.05) is 12.1 Å². The maximum atomic E-state index is 12.4. The van der Waals surface area contributed by atoms with Crippen molar-refractivity contribution in [1.82, 2.24) is 0 Å². The molecule has 0 spiro atoms. The first-order valence-corrected chi connectivity index (χ1v) is 8.78. The van der Waals surface area contributed by atoms with Gasteiger partial charge in [-0.3, -0.25) is 0 Å². The number of methoxy groups -OCH3 is 1. The van der Waals surface area contributed by atoms with Gasteiger partial charge < -0.3 is 14.0 Å². The molecule has 0 unspecified atom stereocenters. The van der Waals surface area contributed by atoms with Gasteiger partial charge in [0.15, 0.2) is 0 Å². The molecule has 0 bridgehead atoms. The molecule has 0 radical (unpaired) electrons. The number of piperidine rings is 2. The summed E-state index contributed by atoms with van der Waals surface area (Å²) in [6.45, 7) is 3.10. The lowest BCUT2D eigenvalue weighted by atomic mass is 9.82. The summed E-state index contributed by atoms with van der Waals surface area (Å²) in [6, 6.07) is 7.92. The van der Waals surface area contributed by atoms with E-state index < -0.39 is 0 Å². The molecule has 4 heteroatoms. The number of nitrogens with zero attached hydrogens (tertiary/aromatic N) is 1. The molecule has 1 aromatic rings. The van der Waals surface area contributed by atoms with E-state index in [1.165, 1.54) is 49.7 Å². The van der Waals surface area contributed by atoms with Gasteiger partial charge in [-0.1, -0.05) is 12.1 Å². The summed E-state index contributed by atoms with van der Waals surface area (Å²) in [5.74, 6) is 0.810. The molecule has 0 saturated carbocycles. The van der Waals surface area contributed by atoms with Crippen LogP contribution in [0.1, 0.15) is 42.5 Å². The highest BCUT2D eigenvalue weighted by molar-refractivity contribution is 5.92. The SMILES string of the molecule is COc1ccccc1C(=O)OC[C@@H]1CCC[N@@+]2(C)CCCC[C@@H]12. The summed E-state index contributed by atoms with van der Waals surface area (Å²) in [5.41, 5.74) is 0.520. The Labute approximate surface area is 139 Å². The second-order valence-electron chi connectivity index (χ2n) is 7.19. The fraction of sp³-hybridized carbons (Fsp3) is 0.632. The lowest BCUT2D eigenvalue weighted by molar-refractivity contribution is -0.947. The monoisotopic (exact) mass is 318 g/mol. The van der Waals surface area contributed by atoms with Crippen molar-refractivity contribution in [2.75, 3.05) is 33.9 Å². The van der Waals surface area contributed by atoms with E-state index in [0.717, 1.165) is 0 Å². The average Bonchev–Trinajstić information content (AvgIpc) is 2.58. The van der Waals surface area contributed by atoms with E-state index in [4.69, 9.17) is 9.47 Å². The molecule has 3 atom stereocenters. The van der Waals surface area contributed by atoms with Gasteiger partial charge in [0, 0.05) is 12.3 Å². The fourth-order valence-corrected chi connectivity index (χ4v) is 4.50. The summed E-state index contributed by atoms with van der Waals surface area (Å²) in [5, 5.41) is 0. The third kappa shape index (κ3) is 3.37. The fourth-order valence-electron chi connectivity index (χ4n) is 4.50. The topological polar surface area (TPSA) is 35.5 Å². The predicted molar refractivity (Wildman–Crippen MR) is 89.6 cm³/mol. The number of ether oxygens (including phenoxy) is 2. The third-order valence-electron chi connectivity index (χ3n) is 5.76. The van der Waals surface area contributed by atoms with Gasteiger partial charge in [0.2, 0.25) is 0 Å². The summed E-state index contributed by atoms with van der Waals surface area (Å²) in [6.07, 6.45) is 6.34. The van der Waals surface area contributed by atoms with Gasteiger partial charge in [-0.05, 0) is 37.8 Å². The van der Waals surface area contributed by atoms with Crippen molar-refractivity contribution >= 4 is 5.97 Å². The number of carbonyl (C=O) groups is 1. The molecule has 126 valence electrons. The van der Waals surface area contributed by atoms with E-state index in [2.05, 4.69) is 7.05 Å². The molecule has 0 aliphatic carbocycles. The van der Waals surface area contributed by atoms with E-state index in [-0.39, 0.29) is 5.97 Å². The van der Waals surface area contributed by atoms with Gasteiger partial charge in [0.1, 0.15) is 17.9 Å². The van der Waals surface area contributed by atoms with Gasteiger partial charge in [-0.15, -0.1) is 0 Å². The molecule has 2 saturated heterocycles. The Balaban J connectivity index is 1.64. The molecule has 2 aliphatic rings. The first-order chi connectivity index (χ1) is 11.1. The zero-order valence-electron chi connectivity index (χ0n) is 14.3. The van der Waals surface area contributed by atoms with Crippen molar-refractivity contribution in [2.45, 2.75) is 38.1 Å². The average molecular weight is 318 g/mol. The first kappa shape index (κ1) is 16.3. The molecule has 0 amide bonds. The molecule has 4 nitrogen and oxygen atoms in total. The van der Waals surface area contributed by atoms with Crippen molar-refractivity contribution in [3.63, 3.8) is 0 Å². The van der Waals surface area contributed by atoms with E-state index in [0.29, 0.717) is 29.9 Å². The van der Waals surface area contributed by atoms with Crippen LogP contribution in [0.4, 0.5) is 0 Å². The Bertz CT molecular complexity index is 555. The molecule has 3 rings (SSSR count). The highest BCUT2D eigenvalue weighted by Crippen LogP contribution is 2.36. The molecular weight excluding hydrogens is 290 g/mol. The summed E-state index contributed by atoms with van der Waals surface area (Å²) < 4.78 is 12.1. The molecule has 23 heavy (non-hydrogen) atoms. The summed E-state index contributed by atoms with van der Waals surface area (Å²) in [4.78, 5) is 12.4. The number of hydrogen-bond donors (Lipinski definition) is 0. The number of fused-ring (bicyclic) bond motifs is 1. The minimum atomic E-state index is -0.266. The van der Waals surface area contributed by atoms with Crippen molar-refractivity contribution in [2.24, 2.45) is 5.92 Å². The highest BCUT2D eigenvalue weighted by atomic mass is 16.5. The second kappa shape index (κ2) is 6.91. The summed E-state index contributed by atoms with van der Waals surface area (Å²) >= 11 is 0. The maximum absolute atomic E-state index is 12.4. The van der Waals surface area contributed by atoms with Gasteiger partial charge in [-0.25, -0.2) is 4.79 Å². The second-order valence-corrected chi connectivity index (χ2v) is 7.19. The maximum Gasteiger partial charge on any atom is 0.341 e. The lowest BCUT2D eigenvalue weighted by Gasteiger charge is -2.51. The number of para-hydroxylation sites is 1. The molecule has 2 aliphatic heterocycles. The quantitative estimate of drug-likeness (QED) is 0.631. The van der Waals surface area contributed by atoms with Gasteiger partial charge >= 0.3 is 5.97 Å². The number of quaternary nitrogens is 1. The Morgan fingerprint density at radius 1 is 1.17 bits per heavy atom. The zero-order chi connectivity index (χ0) is 16.3. The van der Waals surface area contributed by atoms with Crippen LogP contribution in [0.2, 0.25) is 0 Å². The van der Waals surface area contributed by atoms with Crippen LogP contribution in [0, 0.1) is 5.92 Å². The number of esters is 1. The van der Waals surface area contributed by atoms with Crippen LogP contribution in [0.25, 0.3) is 0 Å². The zero-order valence-corrected chi connectivity index (χ0v) is 14.3. The van der Waals surface area contributed by atoms with Crippen LogP contribution in [0.5, 0.6) is 5.75 Å². The molecule has 1 aromatic carbocycles. The van der Waals surface area contributed by atoms with Crippen LogP contribution in [-0.4, -0.2) is 50.3 Å². The van der Waals surface area contributed by atoms with Crippen LogP contribution < -0.4 is 4.74 Å². The number of benzene rings is 1. The van der Waals surface area contributed by atoms with Crippen molar-refractivity contribution in [3.05, 3.63) is 29.8 Å². The lowest BCUT2D eigenvalue weighted by Crippen LogP contribution is -2.61. The van der Waals surface area contributed by atoms with Gasteiger partial charge in [0.25, 0.3) is 0 Å². The number of hydrogen-bond acceptors (Lipinski definition) is 3. The minimum absolute atomic E-state index is 0.266. The van der Waals surface area contributed by atoms with E-state index in [9.17, 15) is 4.79 Å². The Kier molecular flexibility index (Phi) is 4.90. The van der Waals surface area contributed by atoms with Crippen molar-refractivity contribution < 1.29 is 18.8 Å². The van der Waals surface area contributed by atoms with Crippen molar-refractivity contribution in [3.8, 4) is 5.75 Å². The van der Waals surface area contributed by atoms with Gasteiger partial charge in [-0.2, -0.15) is 0 Å². The summed E-state index contributed by atoms with van der Waals surface area (Å²) in [7, 11) is 3.97. The Hall–Kier alpha value is -1.55. The Morgan fingerprint density at radius 2 is 1.96 bits per heavy atom. The van der Waals surface area contributed by atoms with Gasteiger partial charge in [0.05, 0.1) is 33.3 Å². The van der Waals surface area contributed by atoms with E-state index in [1.54, 1.807) is 19.2 Å². The first-order valence-electron chi connectivity index (χ1n) is 8.78. The molecular formula is C19H28NO3+.